The van der Waals surface area contributed by atoms with Crippen molar-refractivity contribution >= 4 is 50.6 Å². The molecular formula is C20H23BrN6O4S. The van der Waals surface area contributed by atoms with Crippen molar-refractivity contribution in [2.75, 3.05) is 11.9 Å². The van der Waals surface area contributed by atoms with Gasteiger partial charge in [0.15, 0.2) is 22.1 Å². The minimum absolute atomic E-state index is 0.0217. The molecule has 12 heteroatoms. The van der Waals surface area contributed by atoms with Crippen molar-refractivity contribution in [1.29, 1.82) is 0 Å². The molecule has 0 spiro atoms. The molecule has 4 N–H and O–H groups in total. The number of aliphatic hydroxyl groups excluding tert-OH is 2. The van der Waals surface area contributed by atoms with Crippen molar-refractivity contribution in [2.45, 2.75) is 54.5 Å². The second kappa shape index (κ2) is 9.69. The van der Waals surface area contributed by atoms with E-state index in [0.29, 0.717) is 28.7 Å². The van der Waals surface area contributed by atoms with E-state index in [9.17, 15) is 20.1 Å². The number of carboxylic acids is 1. The zero-order valence-corrected chi connectivity index (χ0v) is 19.6. The van der Waals surface area contributed by atoms with E-state index >= 15 is 0 Å². The molecule has 1 aromatic carbocycles. The summed E-state index contributed by atoms with van der Waals surface area (Å²) in [5.74, 6) is -1.72. The molecule has 170 valence electrons. The third-order valence-corrected chi connectivity index (χ3v) is 6.83. The van der Waals surface area contributed by atoms with E-state index in [1.54, 1.807) is 0 Å². The minimum atomic E-state index is -1.39. The van der Waals surface area contributed by atoms with Gasteiger partial charge in [-0.15, -0.1) is 5.10 Å². The quantitative estimate of drug-likeness (QED) is 0.257. The Morgan fingerprint density at radius 2 is 2.00 bits per heavy atom. The molecule has 0 aliphatic heterocycles. The lowest BCUT2D eigenvalue weighted by Gasteiger charge is -2.16. The van der Waals surface area contributed by atoms with Crippen LogP contribution in [0.15, 0.2) is 38.8 Å². The number of anilines is 1. The summed E-state index contributed by atoms with van der Waals surface area (Å²) in [6, 6.07) is 6.97. The molecule has 10 nitrogen and oxygen atoms in total. The Balaban J connectivity index is 1.73. The number of carboxylic acid groups (broad SMARTS) is 1. The first kappa shape index (κ1) is 22.9. The van der Waals surface area contributed by atoms with Crippen LogP contribution in [0.25, 0.3) is 11.2 Å². The summed E-state index contributed by atoms with van der Waals surface area (Å²) in [6.45, 7) is 2.79. The molecule has 0 amide bonds. The lowest BCUT2D eigenvalue weighted by atomic mass is 10.1. The van der Waals surface area contributed by atoms with Gasteiger partial charge in [-0.3, -0.25) is 4.79 Å². The maximum Gasteiger partial charge on any atom is 0.309 e. The Labute approximate surface area is 196 Å². The highest BCUT2D eigenvalue weighted by atomic mass is 79.9. The van der Waals surface area contributed by atoms with Gasteiger partial charge in [-0.25, -0.2) is 14.6 Å². The molecule has 3 unspecified atom stereocenters. The monoisotopic (exact) mass is 522 g/mol. The molecule has 4 rings (SSSR count). The van der Waals surface area contributed by atoms with Crippen molar-refractivity contribution in [1.82, 2.24) is 25.0 Å². The predicted molar refractivity (Wildman–Crippen MR) is 122 cm³/mol. The number of carbonyl (C=O) groups is 1. The lowest BCUT2D eigenvalue weighted by molar-refractivity contribution is -0.145. The predicted octanol–water partition coefficient (Wildman–Crippen LogP) is 2.71. The van der Waals surface area contributed by atoms with Gasteiger partial charge in [0, 0.05) is 15.9 Å². The van der Waals surface area contributed by atoms with Crippen molar-refractivity contribution in [3.05, 3.63) is 28.7 Å². The first-order valence-corrected chi connectivity index (χ1v) is 11.9. The number of fused-ring (bicyclic) bond motifs is 1. The molecular weight excluding hydrogens is 500 g/mol. The molecule has 1 aliphatic carbocycles. The highest BCUT2D eigenvalue weighted by molar-refractivity contribution is 9.10. The second-order valence-electron chi connectivity index (χ2n) is 7.63. The van der Waals surface area contributed by atoms with Crippen LogP contribution < -0.4 is 5.32 Å². The third kappa shape index (κ3) is 4.58. The number of aliphatic hydroxyl groups is 2. The molecule has 2 heterocycles. The van der Waals surface area contributed by atoms with E-state index in [4.69, 9.17) is 0 Å². The van der Waals surface area contributed by atoms with Gasteiger partial charge in [0.1, 0.15) is 6.10 Å². The smallest absolute Gasteiger partial charge is 0.309 e. The highest BCUT2D eigenvalue weighted by Crippen LogP contribution is 2.37. The average Bonchev–Trinajstić information content (AvgIpc) is 3.31. The number of nitrogens with one attached hydrogen (secondary N) is 1. The Bertz CT molecular complexity index is 1110. The fourth-order valence-electron chi connectivity index (χ4n) is 3.69. The van der Waals surface area contributed by atoms with Crippen LogP contribution >= 0.6 is 27.7 Å². The van der Waals surface area contributed by atoms with Gasteiger partial charge < -0.3 is 20.6 Å². The van der Waals surface area contributed by atoms with Gasteiger partial charge in [-0.05, 0) is 48.9 Å². The minimum Gasteiger partial charge on any atom is -0.481 e. The Hall–Kier alpha value is -2.28. The molecule has 1 aliphatic rings. The van der Waals surface area contributed by atoms with Crippen LogP contribution in [0.1, 0.15) is 32.2 Å². The molecule has 0 radical (unpaired) electrons. The summed E-state index contributed by atoms with van der Waals surface area (Å²) in [6.07, 6.45) is -0.708. The third-order valence-electron chi connectivity index (χ3n) is 5.43. The van der Waals surface area contributed by atoms with Gasteiger partial charge in [0.25, 0.3) is 0 Å². The van der Waals surface area contributed by atoms with Crippen LogP contribution in [0.3, 0.4) is 0 Å². The second-order valence-corrected chi connectivity index (χ2v) is 9.58. The van der Waals surface area contributed by atoms with Gasteiger partial charge in [-0.2, -0.15) is 0 Å². The number of halogens is 1. The maximum absolute atomic E-state index is 11.5. The van der Waals surface area contributed by atoms with Crippen molar-refractivity contribution < 1.29 is 20.1 Å². The highest BCUT2D eigenvalue weighted by Gasteiger charge is 2.47. The van der Waals surface area contributed by atoms with Crippen molar-refractivity contribution in [3.63, 3.8) is 0 Å². The fourth-order valence-corrected chi connectivity index (χ4v) is 4.71. The molecule has 1 saturated carbocycles. The number of aliphatic carboxylic acids is 1. The van der Waals surface area contributed by atoms with E-state index in [1.165, 1.54) is 16.4 Å². The number of benzene rings is 1. The first-order chi connectivity index (χ1) is 15.4. The Morgan fingerprint density at radius 3 is 2.66 bits per heavy atom. The SMILES string of the molecule is CCCCNc1nc(Sc2ccc(Br)cc2)nc2c1nnn2C1C[C@H](C(=O)O)C(O)C1O. The molecule has 3 aromatic rings. The molecule has 0 bridgehead atoms. The number of hydrogen-bond acceptors (Lipinski definition) is 9. The van der Waals surface area contributed by atoms with Crippen LogP contribution in [0.2, 0.25) is 0 Å². The number of hydrogen-bond donors (Lipinski definition) is 4. The van der Waals surface area contributed by atoms with Crippen molar-refractivity contribution in [3.8, 4) is 0 Å². The topological polar surface area (TPSA) is 146 Å². The van der Waals surface area contributed by atoms with Crippen LogP contribution in [-0.2, 0) is 4.79 Å². The Morgan fingerprint density at radius 1 is 1.25 bits per heavy atom. The van der Waals surface area contributed by atoms with Gasteiger partial charge in [0.05, 0.1) is 18.1 Å². The van der Waals surface area contributed by atoms with Crippen molar-refractivity contribution in [2.24, 2.45) is 5.92 Å². The van der Waals surface area contributed by atoms with E-state index in [0.717, 1.165) is 22.2 Å². The summed E-state index contributed by atoms with van der Waals surface area (Å²) in [7, 11) is 0. The largest absolute Gasteiger partial charge is 0.481 e. The summed E-state index contributed by atoms with van der Waals surface area (Å²) in [4.78, 5) is 21.6. The average molecular weight is 523 g/mol. The number of unbranched alkanes of at least 4 members (excludes halogenated alkanes) is 1. The molecule has 1 fully saturated rings. The van der Waals surface area contributed by atoms with Crippen LogP contribution in [0.4, 0.5) is 5.82 Å². The Kier molecular flexibility index (Phi) is 6.93. The van der Waals surface area contributed by atoms with Gasteiger partial charge in [0.2, 0.25) is 0 Å². The normalized spacial score (nSPS) is 23.0. The number of nitrogens with zero attached hydrogens (tertiary/aromatic N) is 5. The van der Waals surface area contributed by atoms with Crippen LogP contribution in [0.5, 0.6) is 0 Å². The fraction of sp³-hybridized carbons (Fsp3) is 0.450. The van der Waals surface area contributed by atoms with Gasteiger partial charge >= 0.3 is 5.97 Å². The zero-order chi connectivity index (χ0) is 22.8. The van der Waals surface area contributed by atoms with E-state index < -0.39 is 30.1 Å². The van der Waals surface area contributed by atoms with E-state index in [1.807, 2.05) is 24.3 Å². The van der Waals surface area contributed by atoms with Crippen LogP contribution in [0, 0.1) is 5.92 Å². The molecule has 0 saturated heterocycles. The van der Waals surface area contributed by atoms with E-state index in [2.05, 4.69) is 48.5 Å². The summed E-state index contributed by atoms with van der Waals surface area (Å²) >= 11 is 4.79. The maximum atomic E-state index is 11.5. The standard InChI is InChI=1S/C20H23BrN6O4S/c1-2-3-8-22-17-14-18(24-20(23-17)32-11-6-4-10(21)5-7-11)27(26-25-14)13-9-12(19(30)31)15(28)16(13)29/h4-7,12-13,15-16,28-29H,2-3,8-9H2,1H3,(H,30,31)(H,22,23,24)/t12-,13?,15?,16?/m0/s1. The molecule has 4 atom stereocenters. The lowest BCUT2D eigenvalue weighted by Crippen LogP contribution is -2.32. The zero-order valence-electron chi connectivity index (χ0n) is 17.2. The summed E-state index contributed by atoms with van der Waals surface area (Å²) in [5, 5.41) is 42.2. The molecule has 32 heavy (non-hydrogen) atoms. The summed E-state index contributed by atoms with van der Waals surface area (Å²) in [5.41, 5.74) is 0.808. The number of rotatable bonds is 8. The summed E-state index contributed by atoms with van der Waals surface area (Å²) < 4.78 is 2.37. The van der Waals surface area contributed by atoms with Crippen LogP contribution in [-0.4, -0.2) is 65.0 Å². The van der Waals surface area contributed by atoms with E-state index in [-0.39, 0.29) is 6.42 Å². The first-order valence-electron chi connectivity index (χ1n) is 10.3. The van der Waals surface area contributed by atoms with Gasteiger partial charge in [-0.1, -0.05) is 34.5 Å². The molecule has 2 aromatic heterocycles. The number of aromatic nitrogens is 5.